The minimum Gasteiger partial charge on any atom is -0.466 e. The maximum Gasteiger partial charge on any atom is 0.306 e. The average Bonchev–Trinajstić information content (AvgIpc) is 3.67. The van der Waals surface area contributed by atoms with E-state index in [2.05, 4.69) is 5.32 Å². The average molecular weight is 494 g/mol. The highest BCUT2D eigenvalue weighted by molar-refractivity contribution is 6.06. The van der Waals surface area contributed by atoms with Gasteiger partial charge in [-0.2, -0.15) is 0 Å². The third-order valence-corrected chi connectivity index (χ3v) is 6.22. The van der Waals surface area contributed by atoms with E-state index in [0.29, 0.717) is 39.8 Å². The standard InChI is InChI=1S/C29H29F2NO4/c1-4-35-28(33)14-17(2)24-16-22(9-11-25(24)31)32-29(34)23-10-7-20(19-5-6-19)15-27(23)36-26-12-8-21(30)13-18(26)3/h7-13,15-17,19H,4-6,14H2,1-3H3,(H,32,34). The molecule has 0 bridgehead atoms. The first-order valence-corrected chi connectivity index (χ1v) is 12.1. The van der Waals surface area contributed by atoms with Gasteiger partial charge in [0.1, 0.15) is 23.1 Å². The molecule has 3 aromatic rings. The monoisotopic (exact) mass is 493 g/mol. The molecule has 1 aliphatic rings. The lowest BCUT2D eigenvalue weighted by Gasteiger charge is -2.16. The van der Waals surface area contributed by atoms with E-state index in [1.165, 1.54) is 36.4 Å². The fraction of sp³-hybridized carbons (Fsp3) is 0.310. The van der Waals surface area contributed by atoms with Gasteiger partial charge in [0.2, 0.25) is 0 Å². The summed E-state index contributed by atoms with van der Waals surface area (Å²) >= 11 is 0. The summed E-state index contributed by atoms with van der Waals surface area (Å²) in [5.41, 5.74) is 2.69. The molecule has 36 heavy (non-hydrogen) atoms. The third-order valence-electron chi connectivity index (χ3n) is 6.22. The molecular formula is C29H29F2NO4. The summed E-state index contributed by atoms with van der Waals surface area (Å²) in [6, 6.07) is 14.0. The van der Waals surface area contributed by atoms with Crippen LogP contribution in [0.2, 0.25) is 0 Å². The van der Waals surface area contributed by atoms with Crippen molar-refractivity contribution < 1.29 is 27.8 Å². The molecule has 1 atom stereocenters. The number of halogens is 2. The predicted molar refractivity (Wildman–Crippen MR) is 134 cm³/mol. The van der Waals surface area contributed by atoms with E-state index < -0.39 is 23.6 Å². The van der Waals surface area contributed by atoms with Crippen LogP contribution in [0.4, 0.5) is 14.5 Å². The van der Waals surface area contributed by atoms with E-state index in [1.54, 1.807) is 26.8 Å². The number of carbonyl (C=O) groups is 2. The number of anilines is 1. The molecule has 1 aliphatic carbocycles. The Morgan fingerprint density at radius 2 is 1.81 bits per heavy atom. The first-order chi connectivity index (χ1) is 17.2. The van der Waals surface area contributed by atoms with Crippen molar-refractivity contribution in [2.75, 3.05) is 11.9 Å². The fourth-order valence-electron chi connectivity index (χ4n) is 4.10. The summed E-state index contributed by atoms with van der Waals surface area (Å²) < 4.78 is 39.1. The molecule has 5 nitrogen and oxygen atoms in total. The summed E-state index contributed by atoms with van der Waals surface area (Å²) in [5.74, 6) is -0.836. The highest BCUT2D eigenvalue weighted by Crippen LogP contribution is 2.42. The molecule has 0 spiro atoms. The number of nitrogens with one attached hydrogen (secondary N) is 1. The zero-order chi connectivity index (χ0) is 25.8. The molecule has 1 saturated carbocycles. The summed E-state index contributed by atoms with van der Waals surface area (Å²) in [7, 11) is 0. The number of amides is 1. The van der Waals surface area contributed by atoms with Crippen LogP contribution in [-0.4, -0.2) is 18.5 Å². The summed E-state index contributed by atoms with van der Waals surface area (Å²) in [4.78, 5) is 25.1. The number of aryl methyl sites for hydroxylation is 1. The molecule has 0 aromatic heterocycles. The molecule has 3 aromatic carbocycles. The lowest BCUT2D eigenvalue weighted by molar-refractivity contribution is -0.143. The van der Waals surface area contributed by atoms with Crippen LogP contribution in [0.3, 0.4) is 0 Å². The topological polar surface area (TPSA) is 64.6 Å². The summed E-state index contributed by atoms with van der Waals surface area (Å²) in [6.07, 6.45) is 2.20. The number of carbonyl (C=O) groups excluding carboxylic acids is 2. The van der Waals surface area contributed by atoms with Crippen LogP contribution in [0.5, 0.6) is 11.5 Å². The molecule has 7 heteroatoms. The van der Waals surface area contributed by atoms with Gasteiger partial charge >= 0.3 is 5.97 Å². The van der Waals surface area contributed by atoms with Gasteiger partial charge in [-0.3, -0.25) is 9.59 Å². The molecule has 1 fully saturated rings. The Morgan fingerprint density at radius 3 is 2.50 bits per heavy atom. The van der Waals surface area contributed by atoms with Crippen LogP contribution in [0.1, 0.15) is 72.0 Å². The van der Waals surface area contributed by atoms with Crippen LogP contribution < -0.4 is 10.1 Å². The maximum absolute atomic E-state index is 14.5. The van der Waals surface area contributed by atoms with Crippen LogP contribution >= 0.6 is 0 Å². The highest BCUT2D eigenvalue weighted by Gasteiger charge is 2.26. The van der Waals surface area contributed by atoms with Gasteiger partial charge in [0.15, 0.2) is 0 Å². The molecule has 1 N–H and O–H groups in total. The molecular weight excluding hydrogens is 464 g/mol. The van der Waals surface area contributed by atoms with E-state index in [4.69, 9.17) is 9.47 Å². The van der Waals surface area contributed by atoms with Crippen molar-refractivity contribution >= 4 is 17.6 Å². The minimum atomic E-state index is -0.464. The molecule has 0 saturated heterocycles. The van der Waals surface area contributed by atoms with Crippen molar-refractivity contribution in [2.24, 2.45) is 0 Å². The largest absolute Gasteiger partial charge is 0.466 e. The first kappa shape index (κ1) is 25.4. The maximum atomic E-state index is 14.5. The van der Waals surface area contributed by atoms with Crippen LogP contribution in [0.15, 0.2) is 54.6 Å². The van der Waals surface area contributed by atoms with Crippen molar-refractivity contribution in [1.29, 1.82) is 0 Å². The second-order valence-electron chi connectivity index (χ2n) is 9.14. The Morgan fingerprint density at radius 1 is 1.03 bits per heavy atom. The van der Waals surface area contributed by atoms with Gasteiger partial charge in [0, 0.05) is 5.69 Å². The van der Waals surface area contributed by atoms with Gasteiger partial charge in [0.05, 0.1) is 18.6 Å². The number of rotatable bonds is 9. The molecule has 1 unspecified atom stereocenters. The summed E-state index contributed by atoms with van der Waals surface area (Å²) in [5, 5.41) is 2.81. The summed E-state index contributed by atoms with van der Waals surface area (Å²) in [6.45, 7) is 5.44. The lowest BCUT2D eigenvalue weighted by atomic mass is 9.96. The molecule has 188 valence electrons. The van der Waals surface area contributed by atoms with E-state index in [1.807, 2.05) is 12.1 Å². The smallest absolute Gasteiger partial charge is 0.306 e. The van der Waals surface area contributed by atoms with E-state index >= 15 is 0 Å². The predicted octanol–water partition coefficient (Wildman–Crippen LogP) is 7.25. The first-order valence-electron chi connectivity index (χ1n) is 12.1. The molecule has 4 rings (SSSR count). The van der Waals surface area contributed by atoms with Gasteiger partial charge in [0.25, 0.3) is 5.91 Å². The second-order valence-corrected chi connectivity index (χ2v) is 9.14. The Bertz CT molecular complexity index is 1290. The zero-order valence-electron chi connectivity index (χ0n) is 20.6. The van der Waals surface area contributed by atoms with Gasteiger partial charge < -0.3 is 14.8 Å². The van der Waals surface area contributed by atoms with Crippen molar-refractivity contribution in [1.82, 2.24) is 0 Å². The van der Waals surface area contributed by atoms with Crippen LogP contribution in [0.25, 0.3) is 0 Å². The van der Waals surface area contributed by atoms with Gasteiger partial charge in [-0.05, 0) is 104 Å². The third kappa shape index (κ3) is 6.08. The highest BCUT2D eigenvalue weighted by atomic mass is 19.1. The molecule has 0 heterocycles. The Labute approximate surface area is 209 Å². The van der Waals surface area contributed by atoms with Crippen molar-refractivity contribution in [3.8, 4) is 11.5 Å². The lowest BCUT2D eigenvalue weighted by Crippen LogP contribution is -2.14. The number of benzene rings is 3. The Hall–Kier alpha value is -3.74. The SMILES string of the molecule is CCOC(=O)CC(C)c1cc(NC(=O)c2ccc(C3CC3)cc2Oc2ccc(F)cc2C)ccc1F. The minimum absolute atomic E-state index is 0.0276. The number of esters is 1. The fourth-order valence-corrected chi connectivity index (χ4v) is 4.10. The second kappa shape index (κ2) is 10.9. The van der Waals surface area contributed by atoms with Gasteiger partial charge in [-0.25, -0.2) is 8.78 Å². The Balaban J connectivity index is 1.58. The molecule has 1 amide bonds. The van der Waals surface area contributed by atoms with Gasteiger partial charge in [-0.1, -0.05) is 13.0 Å². The quantitative estimate of drug-likeness (QED) is 0.319. The normalized spacial score (nSPS) is 13.7. The molecule has 0 radical (unpaired) electrons. The van der Waals surface area contributed by atoms with Gasteiger partial charge in [-0.15, -0.1) is 0 Å². The van der Waals surface area contributed by atoms with E-state index in [9.17, 15) is 18.4 Å². The Kier molecular flexibility index (Phi) is 7.67. The number of hydrogen-bond acceptors (Lipinski definition) is 4. The van der Waals surface area contributed by atoms with E-state index in [-0.39, 0.29) is 18.8 Å². The van der Waals surface area contributed by atoms with Crippen molar-refractivity contribution in [3.05, 3.63) is 88.5 Å². The zero-order valence-corrected chi connectivity index (χ0v) is 20.6. The number of hydrogen-bond donors (Lipinski definition) is 1. The number of ether oxygens (including phenoxy) is 2. The van der Waals surface area contributed by atoms with Crippen molar-refractivity contribution in [3.63, 3.8) is 0 Å². The van der Waals surface area contributed by atoms with Crippen LogP contribution in [-0.2, 0) is 9.53 Å². The van der Waals surface area contributed by atoms with Crippen molar-refractivity contribution in [2.45, 2.75) is 51.9 Å². The van der Waals surface area contributed by atoms with E-state index in [0.717, 1.165) is 18.4 Å². The van der Waals surface area contributed by atoms with Crippen LogP contribution in [0, 0.1) is 18.6 Å². The molecule has 0 aliphatic heterocycles.